The average molecular weight is 260 g/mol. The number of rotatable bonds is 2. The summed E-state index contributed by atoms with van der Waals surface area (Å²) >= 11 is 0. The largest absolute Gasteiger partial charge is 0.333 e. The third-order valence-corrected chi connectivity index (χ3v) is 2.77. The molecule has 0 aliphatic carbocycles. The zero-order valence-corrected chi connectivity index (χ0v) is 10.3. The van der Waals surface area contributed by atoms with E-state index in [1.807, 2.05) is 6.07 Å². The van der Waals surface area contributed by atoms with E-state index < -0.39 is 11.6 Å². The number of benzene rings is 1. The number of nitrogens with one attached hydrogen (secondary N) is 1. The van der Waals surface area contributed by atoms with Gasteiger partial charge in [0, 0.05) is 0 Å². The molecule has 0 atom stereocenters. The van der Waals surface area contributed by atoms with Gasteiger partial charge < -0.3 is 5.32 Å². The van der Waals surface area contributed by atoms with E-state index in [1.54, 1.807) is 13.8 Å². The van der Waals surface area contributed by atoms with Gasteiger partial charge in [0.1, 0.15) is 29.0 Å². The standard InChI is InChI=1S/C13H10F2N4/c1-7-8(2)18-19-13(9(7)6-16)17-12-10(14)4-3-5-11(12)15/h3-5H,1-2H3,(H,17,19). The third kappa shape index (κ3) is 2.36. The topological polar surface area (TPSA) is 61.6 Å². The fraction of sp³-hybridized carbons (Fsp3) is 0.154. The predicted octanol–water partition coefficient (Wildman–Crippen LogP) is 2.99. The molecule has 0 bridgehead atoms. The third-order valence-electron chi connectivity index (χ3n) is 2.77. The SMILES string of the molecule is Cc1nnc(Nc2c(F)cccc2F)c(C#N)c1C. The quantitative estimate of drug-likeness (QED) is 0.901. The van der Waals surface area contributed by atoms with Gasteiger partial charge in [-0.25, -0.2) is 8.78 Å². The van der Waals surface area contributed by atoms with Gasteiger partial charge >= 0.3 is 0 Å². The summed E-state index contributed by atoms with van der Waals surface area (Å²) in [6.07, 6.45) is 0. The highest BCUT2D eigenvalue weighted by molar-refractivity contribution is 5.65. The van der Waals surface area contributed by atoms with Crippen molar-refractivity contribution in [3.8, 4) is 6.07 Å². The normalized spacial score (nSPS) is 10.1. The van der Waals surface area contributed by atoms with Crippen LogP contribution in [0.5, 0.6) is 0 Å². The van der Waals surface area contributed by atoms with E-state index in [4.69, 9.17) is 5.26 Å². The van der Waals surface area contributed by atoms with Crippen LogP contribution in [0.2, 0.25) is 0 Å². The van der Waals surface area contributed by atoms with E-state index in [1.165, 1.54) is 6.07 Å². The first-order chi connectivity index (χ1) is 9.04. The highest BCUT2D eigenvalue weighted by Gasteiger charge is 2.15. The second-order valence-corrected chi connectivity index (χ2v) is 3.97. The maximum Gasteiger partial charge on any atom is 0.171 e. The van der Waals surface area contributed by atoms with Gasteiger partial charge in [-0.1, -0.05) is 6.07 Å². The number of aromatic nitrogens is 2. The van der Waals surface area contributed by atoms with Gasteiger partial charge in [0.2, 0.25) is 0 Å². The number of anilines is 2. The van der Waals surface area contributed by atoms with Crippen molar-refractivity contribution in [1.29, 1.82) is 5.26 Å². The van der Waals surface area contributed by atoms with E-state index in [0.29, 0.717) is 11.3 Å². The fourth-order valence-electron chi connectivity index (χ4n) is 1.57. The van der Waals surface area contributed by atoms with Gasteiger partial charge in [-0.15, -0.1) is 5.10 Å². The van der Waals surface area contributed by atoms with Gasteiger partial charge in [-0.05, 0) is 31.5 Å². The van der Waals surface area contributed by atoms with Crippen LogP contribution in [0.1, 0.15) is 16.8 Å². The zero-order chi connectivity index (χ0) is 14.0. The Kier molecular flexibility index (Phi) is 3.38. The van der Waals surface area contributed by atoms with Gasteiger partial charge in [0.15, 0.2) is 5.82 Å². The summed E-state index contributed by atoms with van der Waals surface area (Å²) in [5, 5.41) is 19.2. The van der Waals surface area contributed by atoms with E-state index >= 15 is 0 Å². The molecule has 19 heavy (non-hydrogen) atoms. The maximum absolute atomic E-state index is 13.5. The highest BCUT2D eigenvalue weighted by atomic mass is 19.1. The minimum Gasteiger partial charge on any atom is -0.333 e. The summed E-state index contributed by atoms with van der Waals surface area (Å²) in [5.41, 5.74) is 1.08. The molecule has 6 heteroatoms. The molecule has 0 unspecified atom stereocenters. The molecule has 4 nitrogen and oxygen atoms in total. The number of hydrogen-bond acceptors (Lipinski definition) is 4. The van der Waals surface area contributed by atoms with Crippen molar-refractivity contribution in [3.63, 3.8) is 0 Å². The second-order valence-electron chi connectivity index (χ2n) is 3.97. The molecule has 0 saturated carbocycles. The van der Waals surface area contributed by atoms with Crippen molar-refractivity contribution in [3.05, 3.63) is 46.7 Å². The molecule has 2 rings (SSSR count). The molecule has 0 aliphatic rings. The first-order valence-electron chi connectivity index (χ1n) is 5.49. The van der Waals surface area contributed by atoms with E-state index in [9.17, 15) is 8.78 Å². The molecule has 96 valence electrons. The van der Waals surface area contributed by atoms with Crippen LogP contribution in [0.25, 0.3) is 0 Å². The van der Waals surface area contributed by atoms with Crippen LogP contribution in [0, 0.1) is 36.8 Å². The van der Waals surface area contributed by atoms with Crippen molar-refractivity contribution >= 4 is 11.5 Å². The average Bonchev–Trinajstić information content (AvgIpc) is 2.38. The number of hydrogen-bond donors (Lipinski definition) is 1. The summed E-state index contributed by atoms with van der Waals surface area (Å²) in [4.78, 5) is 0. The van der Waals surface area contributed by atoms with Gasteiger partial charge in [-0.2, -0.15) is 10.4 Å². The summed E-state index contributed by atoms with van der Waals surface area (Å²) in [6.45, 7) is 3.40. The second kappa shape index (κ2) is 4.98. The first kappa shape index (κ1) is 12.9. The van der Waals surface area contributed by atoms with Gasteiger partial charge in [0.25, 0.3) is 0 Å². The maximum atomic E-state index is 13.5. The Morgan fingerprint density at radius 1 is 1.16 bits per heavy atom. The highest BCUT2D eigenvalue weighted by Crippen LogP contribution is 2.25. The van der Waals surface area contributed by atoms with Gasteiger partial charge in [0.05, 0.1) is 5.69 Å². The summed E-state index contributed by atoms with van der Waals surface area (Å²) in [7, 11) is 0. The molecular formula is C13H10F2N4. The van der Waals surface area contributed by atoms with E-state index in [0.717, 1.165) is 12.1 Å². The molecule has 0 saturated heterocycles. The molecule has 1 aromatic heterocycles. The van der Waals surface area contributed by atoms with E-state index in [-0.39, 0.29) is 17.1 Å². The number of halogens is 2. The monoisotopic (exact) mass is 260 g/mol. The Hall–Kier alpha value is -2.55. The minimum atomic E-state index is -0.760. The first-order valence-corrected chi connectivity index (χ1v) is 5.49. The lowest BCUT2D eigenvalue weighted by Gasteiger charge is -2.10. The van der Waals surface area contributed by atoms with Crippen LogP contribution in [0.3, 0.4) is 0 Å². The lowest BCUT2D eigenvalue weighted by Crippen LogP contribution is -2.05. The lowest BCUT2D eigenvalue weighted by molar-refractivity contribution is 0.590. The Morgan fingerprint density at radius 3 is 2.37 bits per heavy atom. The van der Waals surface area contributed by atoms with Crippen LogP contribution in [0.4, 0.5) is 20.3 Å². The van der Waals surface area contributed by atoms with Crippen LogP contribution < -0.4 is 5.32 Å². The molecule has 1 heterocycles. The van der Waals surface area contributed by atoms with Crippen LogP contribution in [-0.4, -0.2) is 10.2 Å². The van der Waals surface area contributed by atoms with Gasteiger partial charge in [-0.3, -0.25) is 0 Å². The van der Waals surface area contributed by atoms with Crippen molar-refractivity contribution in [2.24, 2.45) is 0 Å². The molecular weight excluding hydrogens is 250 g/mol. The Balaban J connectivity index is 2.51. The molecule has 1 N–H and O–H groups in total. The molecule has 0 fully saturated rings. The molecule has 1 aromatic carbocycles. The van der Waals surface area contributed by atoms with Crippen LogP contribution >= 0.6 is 0 Å². The molecule has 0 amide bonds. The van der Waals surface area contributed by atoms with Crippen molar-refractivity contribution in [1.82, 2.24) is 10.2 Å². The fourth-order valence-corrected chi connectivity index (χ4v) is 1.57. The van der Waals surface area contributed by atoms with Crippen LogP contribution in [0.15, 0.2) is 18.2 Å². The molecule has 0 spiro atoms. The molecule has 0 aliphatic heterocycles. The summed E-state index contributed by atoms with van der Waals surface area (Å²) < 4.78 is 27.0. The number of aryl methyl sites for hydroxylation is 1. The number of para-hydroxylation sites is 1. The Morgan fingerprint density at radius 2 is 1.79 bits per heavy atom. The van der Waals surface area contributed by atoms with Crippen molar-refractivity contribution in [2.45, 2.75) is 13.8 Å². The number of nitriles is 1. The van der Waals surface area contributed by atoms with E-state index in [2.05, 4.69) is 15.5 Å². The zero-order valence-electron chi connectivity index (χ0n) is 10.3. The minimum absolute atomic E-state index is 0.0367. The van der Waals surface area contributed by atoms with Crippen molar-refractivity contribution < 1.29 is 8.78 Å². The molecule has 0 radical (unpaired) electrons. The molecule has 2 aromatic rings. The Bertz CT molecular complexity index is 657. The Labute approximate surface area is 108 Å². The van der Waals surface area contributed by atoms with Crippen molar-refractivity contribution in [2.75, 3.05) is 5.32 Å². The summed E-state index contributed by atoms with van der Waals surface area (Å²) in [5.74, 6) is -1.48. The lowest BCUT2D eigenvalue weighted by atomic mass is 10.1. The smallest absolute Gasteiger partial charge is 0.171 e. The predicted molar refractivity (Wildman–Crippen MR) is 65.9 cm³/mol. The van der Waals surface area contributed by atoms with Crippen LogP contribution in [-0.2, 0) is 0 Å². The number of nitrogens with zero attached hydrogens (tertiary/aromatic N) is 3. The summed E-state index contributed by atoms with van der Waals surface area (Å²) in [6, 6.07) is 5.45.